The van der Waals surface area contributed by atoms with Gasteiger partial charge >= 0.3 is 0 Å². The molecular formula is C21H24N6O2. The molecule has 150 valence electrons. The maximum Gasteiger partial charge on any atom is 0.276 e. The van der Waals surface area contributed by atoms with Gasteiger partial charge in [-0.25, -0.2) is 4.98 Å². The van der Waals surface area contributed by atoms with Crippen LogP contribution in [-0.2, 0) is 7.05 Å². The average Bonchev–Trinajstić information content (AvgIpc) is 3.20. The molecule has 29 heavy (non-hydrogen) atoms. The third-order valence-corrected chi connectivity index (χ3v) is 5.27. The van der Waals surface area contributed by atoms with Crippen LogP contribution in [0.3, 0.4) is 0 Å². The number of para-hydroxylation sites is 1. The zero-order valence-electron chi connectivity index (χ0n) is 16.3. The predicted octanol–water partition coefficient (Wildman–Crippen LogP) is 2.41. The van der Waals surface area contributed by atoms with Gasteiger partial charge in [0.05, 0.1) is 0 Å². The van der Waals surface area contributed by atoms with Crippen LogP contribution in [0.2, 0.25) is 0 Å². The fourth-order valence-corrected chi connectivity index (χ4v) is 3.68. The van der Waals surface area contributed by atoms with Crippen LogP contribution in [0, 0.1) is 5.92 Å². The lowest BCUT2D eigenvalue weighted by atomic mass is 9.92. The van der Waals surface area contributed by atoms with E-state index in [0.29, 0.717) is 23.9 Å². The normalized spacial score (nSPS) is 17.7. The van der Waals surface area contributed by atoms with E-state index in [9.17, 15) is 9.90 Å². The van der Waals surface area contributed by atoms with E-state index in [1.165, 1.54) is 0 Å². The van der Waals surface area contributed by atoms with Gasteiger partial charge in [-0.2, -0.15) is 0 Å². The van der Waals surface area contributed by atoms with E-state index >= 15 is 0 Å². The molecule has 2 atom stereocenters. The molecule has 1 amide bonds. The second-order valence-corrected chi connectivity index (χ2v) is 7.29. The third kappa shape index (κ3) is 4.27. The zero-order valence-corrected chi connectivity index (χ0v) is 16.3. The van der Waals surface area contributed by atoms with Crippen molar-refractivity contribution >= 4 is 17.4 Å². The molecule has 4 rings (SSSR count). The van der Waals surface area contributed by atoms with Crippen molar-refractivity contribution in [1.82, 2.24) is 19.7 Å². The molecular weight excluding hydrogens is 368 g/mol. The Morgan fingerprint density at radius 3 is 2.72 bits per heavy atom. The molecule has 1 aliphatic heterocycles. The smallest absolute Gasteiger partial charge is 0.276 e. The number of rotatable bonds is 5. The van der Waals surface area contributed by atoms with Gasteiger partial charge in [-0.1, -0.05) is 18.2 Å². The first-order valence-corrected chi connectivity index (χ1v) is 9.72. The van der Waals surface area contributed by atoms with Crippen molar-refractivity contribution in [2.45, 2.75) is 18.9 Å². The summed E-state index contributed by atoms with van der Waals surface area (Å²) in [5.74, 6) is 1.15. The van der Waals surface area contributed by atoms with Crippen LogP contribution >= 0.6 is 0 Å². The van der Waals surface area contributed by atoms with Crippen LogP contribution in [0.4, 0.5) is 11.5 Å². The van der Waals surface area contributed by atoms with E-state index in [1.807, 2.05) is 54.2 Å². The molecule has 1 saturated heterocycles. The van der Waals surface area contributed by atoms with E-state index in [-0.39, 0.29) is 17.5 Å². The number of anilines is 2. The molecule has 1 fully saturated rings. The van der Waals surface area contributed by atoms with Crippen LogP contribution in [0.5, 0.6) is 0 Å². The van der Waals surface area contributed by atoms with Gasteiger partial charge in [-0.15, -0.1) is 10.2 Å². The lowest BCUT2D eigenvalue weighted by Crippen LogP contribution is -2.39. The number of aromatic nitrogens is 4. The summed E-state index contributed by atoms with van der Waals surface area (Å²) in [4.78, 5) is 18.7. The van der Waals surface area contributed by atoms with Crippen molar-refractivity contribution in [3.8, 4) is 0 Å². The van der Waals surface area contributed by atoms with Crippen molar-refractivity contribution in [2.75, 3.05) is 23.3 Å². The van der Waals surface area contributed by atoms with Crippen molar-refractivity contribution in [1.29, 1.82) is 0 Å². The zero-order chi connectivity index (χ0) is 20.2. The number of benzene rings is 1. The maximum absolute atomic E-state index is 12.3. The molecule has 3 aromatic rings. The molecule has 2 aromatic heterocycles. The summed E-state index contributed by atoms with van der Waals surface area (Å²) < 4.78 is 1.85. The summed E-state index contributed by atoms with van der Waals surface area (Å²) in [6.45, 7) is 1.51. The number of aryl methyl sites for hydroxylation is 1. The van der Waals surface area contributed by atoms with E-state index in [1.54, 1.807) is 12.3 Å². The lowest BCUT2D eigenvalue weighted by molar-refractivity contribution is 0.0873. The monoisotopic (exact) mass is 392 g/mol. The number of carbonyl (C=O) groups is 1. The molecule has 0 aliphatic carbocycles. The fraction of sp³-hybridized carbons (Fsp3) is 0.333. The molecule has 8 heteroatoms. The highest BCUT2D eigenvalue weighted by Gasteiger charge is 2.30. The second-order valence-electron chi connectivity index (χ2n) is 7.29. The van der Waals surface area contributed by atoms with Crippen LogP contribution in [0.25, 0.3) is 0 Å². The number of amides is 1. The van der Waals surface area contributed by atoms with E-state index in [2.05, 4.69) is 25.4 Å². The number of nitrogens with zero attached hydrogens (tertiary/aromatic N) is 5. The van der Waals surface area contributed by atoms with Gasteiger partial charge in [0.2, 0.25) is 0 Å². The number of carbonyl (C=O) groups excluding carboxylic acids is 1. The highest BCUT2D eigenvalue weighted by Crippen LogP contribution is 2.30. The van der Waals surface area contributed by atoms with Gasteiger partial charge in [-0.3, -0.25) is 4.79 Å². The minimum absolute atomic E-state index is 0.0627. The SMILES string of the molecule is Cn1ccnc1C(O)C1CCCN(c2ccc(C(=O)Nc3ccccc3)nn2)C1. The second kappa shape index (κ2) is 8.40. The summed E-state index contributed by atoms with van der Waals surface area (Å²) in [5, 5.41) is 21.9. The van der Waals surface area contributed by atoms with Crippen molar-refractivity contribution in [3.05, 3.63) is 66.4 Å². The molecule has 0 saturated carbocycles. The van der Waals surface area contributed by atoms with Gasteiger partial charge < -0.3 is 19.9 Å². The first kappa shape index (κ1) is 19.1. The number of hydrogen-bond acceptors (Lipinski definition) is 6. The summed E-state index contributed by atoms with van der Waals surface area (Å²) >= 11 is 0. The Bertz CT molecular complexity index is 957. The minimum atomic E-state index is -0.623. The summed E-state index contributed by atoms with van der Waals surface area (Å²) in [5.41, 5.74) is 0.977. The number of imidazole rings is 1. The van der Waals surface area contributed by atoms with E-state index in [4.69, 9.17) is 0 Å². The van der Waals surface area contributed by atoms with Gasteiger partial charge in [0.15, 0.2) is 11.5 Å². The number of nitrogens with one attached hydrogen (secondary N) is 1. The Labute approximate surface area is 169 Å². The Kier molecular flexibility index (Phi) is 5.53. The van der Waals surface area contributed by atoms with Crippen molar-refractivity contribution in [3.63, 3.8) is 0 Å². The molecule has 1 aromatic carbocycles. The Morgan fingerprint density at radius 1 is 1.21 bits per heavy atom. The van der Waals surface area contributed by atoms with Crippen LogP contribution < -0.4 is 10.2 Å². The molecule has 0 spiro atoms. The quantitative estimate of drug-likeness (QED) is 0.692. The Hall–Kier alpha value is -3.26. The first-order valence-electron chi connectivity index (χ1n) is 9.72. The largest absolute Gasteiger partial charge is 0.385 e. The first-order chi connectivity index (χ1) is 14.1. The number of aliphatic hydroxyl groups is 1. The third-order valence-electron chi connectivity index (χ3n) is 5.27. The highest BCUT2D eigenvalue weighted by atomic mass is 16.3. The van der Waals surface area contributed by atoms with Crippen LogP contribution in [0.15, 0.2) is 54.9 Å². The summed E-state index contributed by atoms with van der Waals surface area (Å²) in [6.07, 6.45) is 4.79. The topological polar surface area (TPSA) is 96.2 Å². The predicted molar refractivity (Wildman–Crippen MR) is 110 cm³/mol. The molecule has 2 unspecified atom stereocenters. The fourth-order valence-electron chi connectivity index (χ4n) is 3.68. The molecule has 8 nitrogen and oxygen atoms in total. The number of hydrogen-bond donors (Lipinski definition) is 2. The van der Waals surface area contributed by atoms with Gasteiger partial charge in [0.1, 0.15) is 11.9 Å². The van der Waals surface area contributed by atoms with Crippen molar-refractivity contribution in [2.24, 2.45) is 13.0 Å². The Morgan fingerprint density at radius 2 is 2.03 bits per heavy atom. The van der Waals surface area contributed by atoms with Gasteiger partial charge in [0, 0.05) is 44.1 Å². The summed E-state index contributed by atoms with van der Waals surface area (Å²) in [7, 11) is 1.89. The number of aliphatic hydroxyl groups excluding tert-OH is 1. The van der Waals surface area contributed by atoms with E-state index in [0.717, 1.165) is 19.4 Å². The van der Waals surface area contributed by atoms with Gasteiger partial charge in [-0.05, 0) is 37.1 Å². The maximum atomic E-state index is 12.3. The van der Waals surface area contributed by atoms with Crippen molar-refractivity contribution < 1.29 is 9.90 Å². The average molecular weight is 392 g/mol. The molecule has 0 radical (unpaired) electrons. The van der Waals surface area contributed by atoms with Crippen LogP contribution in [0.1, 0.15) is 35.3 Å². The summed E-state index contributed by atoms with van der Waals surface area (Å²) in [6, 6.07) is 12.7. The minimum Gasteiger partial charge on any atom is -0.385 e. The standard InChI is InChI=1S/C21H24N6O2/c1-26-13-11-22-20(26)19(28)15-6-5-12-27(14-15)18-10-9-17(24-25-18)21(29)23-16-7-3-2-4-8-16/h2-4,7-11,13,15,19,28H,5-6,12,14H2,1H3,(H,23,29). The molecule has 2 N–H and O–H groups in total. The molecule has 0 bridgehead atoms. The van der Waals surface area contributed by atoms with Gasteiger partial charge in [0.25, 0.3) is 5.91 Å². The Balaban J connectivity index is 1.42. The number of piperidine rings is 1. The highest BCUT2D eigenvalue weighted by molar-refractivity contribution is 6.02. The lowest BCUT2D eigenvalue weighted by Gasteiger charge is -2.35. The van der Waals surface area contributed by atoms with Crippen LogP contribution in [-0.4, -0.2) is 43.9 Å². The molecule has 1 aliphatic rings. The van der Waals surface area contributed by atoms with E-state index < -0.39 is 6.10 Å². The molecule has 3 heterocycles.